The molecule has 0 aromatic rings. The van der Waals surface area contributed by atoms with Gasteiger partial charge in [-0.15, -0.1) is 0 Å². The van der Waals surface area contributed by atoms with Crippen molar-refractivity contribution in [2.45, 2.75) is 64.2 Å². The van der Waals surface area contributed by atoms with Gasteiger partial charge in [0, 0.05) is 6.04 Å². The molecule has 0 aromatic carbocycles. The van der Waals surface area contributed by atoms with Gasteiger partial charge in [-0.3, -0.25) is 10.1 Å². The van der Waals surface area contributed by atoms with Crippen LogP contribution >= 0.6 is 0 Å². The SMILES string of the molecule is CCC1CC1N1C(=O)C2(CC2)NC1C(C)C. The highest BCUT2D eigenvalue weighted by molar-refractivity contribution is 5.92. The molecular formula is C13H22N2O. The number of nitrogens with one attached hydrogen (secondary N) is 1. The zero-order chi connectivity index (χ0) is 11.5. The van der Waals surface area contributed by atoms with E-state index in [4.69, 9.17) is 0 Å². The van der Waals surface area contributed by atoms with Crippen molar-refractivity contribution in [1.29, 1.82) is 0 Å². The number of hydrogen-bond acceptors (Lipinski definition) is 2. The summed E-state index contributed by atoms with van der Waals surface area (Å²) in [6, 6.07) is 0.539. The minimum atomic E-state index is -0.129. The third kappa shape index (κ3) is 1.33. The molecule has 3 fully saturated rings. The molecule has 16 heavy (non-hydrogen) atoms. The van der Waals surface area contributed by atoms with E-state index in [1.54, 1.807) is 0 Å². The van der Waals surface area contributed by atoms with Gasteiger partial charge in [-0.1, -0.05) is 27.2 Å². The maximum absolute atomic E-state index is 12.4. The Morgan fingerprint density at radius 2 is 2.19 bits per heavy atom. The maximum atomic E-state index is 12.4. The molecule has 1 aliphatic heterocycles. The predicted molar refractivity (Wildman–Crippen MR) is 62.8 cm³/mol. The Labute approximate surface area is 97.6 Å². The van der Waals surface area contributed by atoms with Crippen LogP contribution in [0.1, 0.15) is 46.5 Å². The molecule has 1 amide bonds. The zero-order valence-electron chi connectivity index (χ0n) is 10.5. The van der Waals surface area contributed by atoms with Crippen molar-refractivity contribution in [3.63, 3.8) is 0 Å². The molecule has 90 valence electrons. The average molecular weight is 222 g/mol. The predicted octanol–water partition coefficient (Wildman–Crippen LogP) is 1.73. The summed E-state index contributed by atoms with van der Waals surface area (Å²) >= 11 is 0. The van der Waals surface area contributed by atoms with E-state index >= 15 is 0 Å². The van der Waals surface area contributed by atoms with Gasteiger partial charge in [0.25, 0.3) is 0 Å². The second kappa shape index (κ2) is 3.22. The van der Waals surface area contributed by atoms with Crippen molar-refractivity contribution in [2.75, 3.05) is 0 Å². The van der Waals surface area contributed by atoms with Crippen LogP contribution in [0.2, 0.25) is 0 Å². The number of hydrogen-bond donors (Lipinski definition) is 1. The summed E-state index contributed by atoms with van der Waals surface area (Å²) in [6.45, 7) is 6.65. The van der Waals surface area contributed by atoms with Crippen LogP contribution in [0.15, 0.2) is 0 Å². The smallest absolute Gasteiger partial charge is 0.244 e. The Morgan fingerprint density at radius 3 is 2.62 bits per heavy atom. The van der Waals surface area contributed by atoms with Crippen LogP contribution < -0.4 is 5.32 Å². The van der Waals surface area contributed by atoms with Gasteiger partial charge < -0.3 is 4.90 Å². The number of amides is 1. The Kier molecular flexibility index (Phi) is 2.13. The lowest BCUT2D eigenvalue weighted by Crippen LogP contribution is -2.43. The number of carbonyl (C=O) groups excluding carboxylic acids is 1. The largest absolute Gasteiger partial charge is 0.322 e. The summed E-state index contributed by atoms with van der Waals surface area (Å²) in [5, 5.41) is 3.58. The van der Waals surface area contributed by atoms with E-state index in [0.717, 1.165) is 18.8 Å². The molecule has 1 saturated heterocycles. The molecule has 2 saturated carbocycles. The van der Waals surface area contributed by atoms with Crippen LogP contribution in [0, 0.1) is 11.8 Å². The van der Waals surface area contributed by atoms with Gasteiger partial charge in [0.05, 0.1) is 11.7 Å². The summed E-state index contributed by atoms with van der Waals surface area (Å²) in [4.78, 5) is 14.6. The molecule has 2 aliphatic carbocycles. The molecule has 1 spiro atoms. The van der Waals surface area contributed by atoms with Gasteiger partial charge in [-0.05, 0) is 31.1 Å². The summed E-state index contributed by atoms with van der Waals surface area (Å²) in [7, 11) is 0. The van der Waals surface area contributed by atoms with Gasteiger partial charge in [0.1, 0.15) is 0 Å². The van der Waals surface area contributed by atoms with Crippen molar-refractivity contribution in [3.8, 4) is 0 Å². The van der Waals surface area contributed by atoms with Crippen LogP contribution in [0.3, 0.4) is 0 Å². The molecule has 3 aliphatic rings. The highest BCUT2D eigenvalue weighted by Crippen LogP contribution is 2.49. The number of nitrogens with zero attached hydrogens (tertiary/aromatic N) is 1. The van der Waals surface area contributed by atoms with Crippen LogP contribution in [0.5, 0.6) is 0 Å². The summed E-state index contributed by atoms with van der Waals surface area (Å²) in [5.74, 6) is 1.68. The van der Waals surface area contributed by atoms with Crippen molar-refractivity contribution in [2.24, 2.45) is 11.8 Å². The van der Waals surface area contributed by atoms with E-state index in [-0.39, 0.29) is 11.7 Å². The fourth-order valence-electron chi connectivity index (χ4n) is 3.13. The molecule has 3 nitrogen and oxygen atoms in total. The topological polar surface area (TPSA) is 32.3 Å². The van der Waals surface area contributed by atoms with E-state index in [1.165, 1.54) is 12.8 Å². The monoisotopic (exact) mass is 222 g/mol. The van der Waals surface area contributed by atoms with Crippen molar-refractivity contribution in [3.05, 3.63) is 0 Å². The van der Waals surface area contributed by atoms with Crippen LogP contribution in [0.4, 0.5) is 0 Å². The number of carbonyl (C=O) groups is 1. The first-order valence-corrected chi connectivity index (χ1v) is 6.69. The fraction of sp³-hybridized carbons (Fsp3) is 0.923. The van der Waals surface area contributed by atoms with Gasteiger partial charge in [0.15, 0.2) is 0 Å². The standard InChI is InChI=1S/C13H22N2O/c1-4-9-7-10(9)15-11(8(2)3)14-13(5-6-13)12(15)16/h8-11,14H,4-7H2,1-3H3. The van der Waals surface area contributed by atoms with Gasteiger partial charge in [-0.25, -0.2) is 0 Å². The Hall–Kier alpha value is -0.570. The molecule has 1 heterocycles. The Balaban J connectivity index is 1.81. The molecule has 0 bridgehead atoms. The van der Waals surface area contributed by atoms with E-state index < -0.39 is 0 Å². The summed E-state index contributed by atoms with van der Waals surface area (Å²) in [5.41, 5.74) is -0.129. The van der Waals surface area contributed by atoms with Gasteiger partial charge in [0.2, 0.25) is 5.91 Å². The normalized spacial score (nSPS) is 39.9. The van der Waals surface area contributed by atoms with Crippen LogP contribution in [-0.2, 0) is 4.79 Å². The lowest BCUT2D eigenvalue weighted by molar-refractivity contribution is -0.132. The van der Waals surface area contributed by atoms with E-state index in [0.29, 0.717) is 17.9 Å². The first kappa shape index (κ1) is 10.6. The minimum absolute atomic E-state index is 0.129. The van der Waals surface area contributed by atoms with E-state index in [2.05, 4.69) is 31.0 Å². The average Bonchev–Trinajstić information content (AvgIpc) is 3.10. The molecule has 0 aromatic heterocycles. The van der Waals surface area contributed by atoms with Gasteiger partial charge >= 0.3 is 0 Å². The van der Waals surface area contributed by atoms with Gasteiger partial charge in [-0.2, -0.15) is 0 Å². The molecule has 3 unspecified atom stereocenters. The summed E-state index contributed by atoms with van der Waals surface area (Å²) < 4.78 is 0. The minimum Gasteiger partial charge on any atom is -0.322 e. The fourth-order valence-corrected chi connectivity index (χ4v) is 3.13. The third-order valence-corrected chi connectivity index (χ3v) is 4.52. The molecule has 3 rings (SSSR count). The molecule has 3 heteroatoms. The molecule has 3 atom stereocenters. The number of rotatable bonds is 3. The van der Waals surface area contributed by atoms with Crippen molar-refractivity contribution < 1.29 is 4.79 Å². The van der Waals surface area contributed by atoms with E-state index in [1.807, 2.05) is 0 Å². The molecule has 0 radical (unpaired) electrons. The van der Waals surface area contributed by atoms with Crippen LogP contribution in [-0.4, -0.2) is 28.6 Å². The maximum Gasteiger partial charge on any atom is 0.244 e. The lowest BCUT2D eigenvalue weighted by Gasteiger charge is -2.27. The first-order valence-electron chi connectivity index (χ1n) is 6.69. The Morgan fingerprint density at radius 1 is 1.50 bits per heavy atom. The first-order chi connectivity index (χ1) is 7.59. The van der Waals surface area contributed by atoms with E-state index in [9.17, 15) is 4.79 Å². The zero-order valence-corrected chi connectivity index (χ0v) is 10.5. The molecular weight excluding hydrogens is 200 g/mol. The highest BCUT2D eigenvalue weighted by Gasteiger charge is 2.63. The second-order valence-corrected chi connectivity index (χ2v) is 6.10. The molecule has 1 N–H and O–H groups in total. The third-order valence-electron chi connectivity index (χ3n) is 4.52. The lowest BCUT2D eigenvalue weighted by atomic mass is 10.1. The van der Waals surface area contributed by atoms with Crippen molar-refractivity contribution >= 4 is 5.91 Å². The second-order valence-electron chi connectivity index (χ2n) is 6.10. The van der Waals surface area contributed by atoms with Crippen LogP contribution in [0.25, 0.3) is 0 Å². The Bertz CT molecular complexity index is 322. The quantitative estimate of drug-likeness (QED) is 0.788. The van der Waals surface area contributed by atoms with Crippen molar-refractivity contribution in [1.82, 2.24) is 10.2 Å². The highest BCUT2D eigenvalue weighted by atomic mass is 16.2. The summed E-state index contributed by atoms with van der Waals surface area (Å²) in [6.07, 6.45) is 4.83.